The largest absolute Gasteiger partial charge is 2.00 e. The van der Waals surface area contributed by atoms with Gasteiger partial charge in [0.25, 0.3) is 0 Å². The monoisotopic (exact) mass is 505 g/mol. The van der Waals surface area contributed by atoms with E-state index in [0.29, 0.717) is 5.02 Å². The fourth-order valence-corrected chi connectivity index (χ4v) is 3.31. The third-order valence-electron chi connectivity index (χ3n) is 3.62. The molecule has 3 rings (SSSR count). The first kappa shape index (κ1) is 24.4. The summed E-state index contributed by atoms with van der Waals surface area (Å²) in [5.74, 6) is 0. The van der Waals surface area contributed by atoms with Crippen LogP contribution >= 0.6 is 35.5 Å². The number of hydrogen-bond acceptors (Lipinski definition) is 5. The number of halogens is 1. The molecule has 1 heterocycles. The Hall–Kier alpha value is -0.617. The van der Waals surface area contributed by atoms with Gasteiger partial charge in [0.05, 0.1) is 5.69 Å². The van der Waals surface area contributed by atoms with Gasteiger partial charge < -0.3 is 8.61 Å². The topological polar surface area (TPSA) is 18.8 Å². The molecule has 0 aliphatic carbocycles. The van der Waals surface area contributed by atoms with Crippen LogP contribution in [0.25, 0.3) is 6.08 Å². The van der Waals surface area contributed by atoms with Crippen LogP contribution in [0.1, 0.15) is 11.1 Å². The Morgan fingerprint density at radius 3 is 2.04 bits per heavy atom. The maximum absolute atomic E-state index is 5.80. The Balaban J connectivity index is 0.000000310. The van der Waals surface area contributed by atoms with Crippen molar-refractivity contribution in [1.29, 1.82) is 0 Å². The van der Waals surface area contributed by atoms with Gasteiger partial charge in [0.2, 0.25) is 0 Å². The fourth-order valence-electron chi connectivity index (χ4n) is 2.18. The van der Waals surface area contributed by atoms with Crippen molar-refractivity contribution >= 4 is 53.5 Å². The molecule has 0 atom stereocenters. The second kappa shape index (κ2) is 13.5. The second-order valence-electron chi connectivity index (χ2n) is 5.29. The average molecular weight is 505 g/mol. The first-order valence-electron chi connectivity index (χ1n) is 8.06. The second-order valence-corrected chi connectivity index (χ2v) is 7.40. The van der Waals surface area contributed by atoms with Crippen LogP contribution in [0.5, 0.6) is 0 Å². The maximum atomic E-state index is 5.80. The zero-order valence-electron chi connectivity index (χ0n) is 15.2. The maximum Gasteiger partial charge on any atom is 2.00 e. The third kappa shape index (κ3) is 8.51. The van der Waals surface area contributed by atoms with E-state index in [2.05, 4.69) is 32.8 Å². The van der Waals surface area contributed by atoms with Crippen LogP contribution in [-0.4, -0.2) is 40.4 Å². The number of aliphatic imine (C=N–C) groups is 1. The molecule has 144 valence electrons. The zero-order chi connectivity index (χ0) is 18.8. The molecule has 1 aliphatic rings. The number of nitrogens with zero attached hydrogens (tertiary/aromatic N) is 3. The molecular weight excluding hydrogens is 483 g/mol. The Labute approximate surface area is 189 Å². The van der Waals surface area contributed by atoms with Gasteiger partial charge in [0, 0.05) is 11.2 Å². The van der Waals surface area contributed by atoms with E-state index in [1.807, 2.05) is 48.5 Å². The molecule has 0 N–H and O–H groups in total. The summed E-state index contributed by atoms with van der Waals surface area (Å²) in [5.41, 5.74) is 2.82. The molecule has 0 aromatic heterocycles. The van der Waals surface area contributed by atoms with Gasteiger partial charge >= 0.3 is 19.5 Å². The molecule has 2 aromatic rings. The van der Waals surface area contributed by atoms with Gasteiger partial charge in [-0.1, -0.05) is 35.4 Å². The Morgan fingerprint density at radius 2 is 1.56 bits per heavy atom. The van der Waals surface area contributed by atoms with Crippen molar-refractivity contribution in [2.24, 2.45) is 4.99 Å². The van der Waals surface area contributed by atoms with Crippen molar-refractivity contribution in [3.05, 3.63) is 77.9 Å². The Kier molecular flexibility index (Phi) is 12.2. The smallest absolute Gasteiger partial charge is 0.386 e. The molecular formula is C20H22ClN3RuS2. The minimum absolute atomic E-state index is 0. The van der Waals surface area contributed by atoms with Crippen molar-refractivity contribution in [2.75, 3.05) is 25.6 Å². The first-order chi connectivity index (χ1) is 12.7. The van der Waals surface area contributed by atoms with E-state index in [-0.39, 0.29) is 19.5 Å². The minimum Gasteiger partial charge on any atom is -0.386 e. The van der Waals surface area contributed by atoms with E-state index in [0.717, 1.165) is 29.9 Å². The molecule has 1 saturated heterocycles. The summed E-state index contributed by atoms with van der Waals surface area (Å²) in [6, 6.07) is 15.2. The molecule has 1 aliphatic heterocycles. The van der Waals surface area contributed by atoms with E-state index < -0.39 is 0 Å². The Bertz CT molecular complexity index is 715. The van der Waals surface area contributed by atoms with Crippen LogP contribution in [0.15, 0.2) is 53.5 Å². The third-order valence-corrected chi connectivity index (χ3v) is 5.37. The number of hydrogen-bond donors (Lipinski definition) is 0. The van der Waals surface area contributed by atoms with E-state index in [1.54, 1.807) is 36.2 Å². The molecule has 27 heavy (non-hydrogen) atoms. The van der Waals surface area contributed by atoms with Crippen molar-refractivity contribution in [1.82, 2.24) is 8.61 Å². The van der Waals surface area contributed by atoms with Crippen LogP contribution in [0.3, 0.4) is 0 Å². The zero-order valence-corrected chi connectivity index (χ0v) is 19.4. The number of benzene rings is 2. The summed E-state index contributed by atoms with van der Waals surface area (Å²) in [7, 11) is 0. The molecule has 0 bridgehead atoms. The normalized spacial score (nSPS) is 14.5. The van der Waals surface area contributed by atoms with Crippen LogP contribution < -0.4 is 0 Å². The minimum atomic E-state index is 0. The Morgan fingerprint density at radius 1 is 1.00 bits per heavy atom. The van der Waals surface area contributed by atoms with Crippen LogP contribution in [0.4, 0.5) is 5.69 Å². The molecule has 0 amide bonds. The van der Waals surface area contributed by atoms with E-state index in [4.69, 9.17) is 18.2 Å². The standard InChI is InChI=1S/C15H11ClN.C5H11N2S2.Ru/c1-2-12-5-3-4-6-13(12)11-17-15-9-7-14(16)8-10-15;1-8-6-3-4-7(5-6)9-2;/h1-11H;5H,3-4H2,1-2H3;/q2*-1;+2. The predicted molar refractivity (Wildman–Crippen MR) is 119 cm³/mol. The van der Waals surface area contributed by atoms with Crippen LogP contribution in [0.2, 0.25) is 5.02 Å². The van der Waals surface area contributed by atoms with E-state index in [9.17, 15) is 0 Å². The SMILES string of the molecule is CSN1[CH-]N(SC)CC1.[CH-]=Cc1ccccc1C=Nc1ccc(Cl)cc1.[Ru+2]. The van der Waals surface area contributed by atoms with Gasteiger partial charge in [-0.3, -0.25) is 11.6 Å². The average Bonchev–Trinajstić information content (AvgIpc) is 3.17. The first-order valence-corrected chi connectivity index (χ1v) is 10.8. The molecule has 0 unspecified atom stereocenters. The van der Waals surface area contributed by atoms with Crippen molar-refractivity contribution in [2.45, 2.75) is 0 Å². The summed E-state index contributed by atoms with van der Waals surface area (Å²) < 4.78 is 4.47. The van der Waals surface area contributed by atoms with Gasteiger partial charge in [-0.05, 0) is 49.9 Å². The molecule has 2 aromatic carbocycles. The summed E-state index contributed by atoms with van der Waals surface area (Å²) in [5, 5.41) is 0.708. The van der Waals surface area contributed by atoms with Crippen LogP contribution in [-0.2, 0) is 19.5 Å². The van der Waals surface area contributed by atoms with Gasteiger partial charge in [0.15, 0.2) is 0 Å². The summed E-state index contributed by atoms with van der Waals surface area (Å²) in [6.07, 6.45) is 7.56. The summed E-state index contributed by atoms with van der Waals surface area (Å²) in [4.78, 5) is 4.37. The molecule has 3 nitrogen and oxygen atoms in total. The quantitative estimate of drug-likeness (QED) is 0.221. The van der Waals surface area contributed by atoms with Gasteiger partial charge in [-0.2, -0.15) is 12.2 Å². The summed E-state index contributed by atoms with van der Waals surface area (Å²) in [6.45, 7) is 9.99. The van der Waals surface area contributed by atoms with Crippen molar-refractivity contribution < 1.29 is 19.5 Å². The predicted octanol–water partition coefficient (Wildman–Crippen LogP) is 5.81. The fraction of sp³-hybridized carbons (Fsp3) is 0.200. The van der Waals surface area contributed by atoms with Crippen LogP contribution in [0, 0.1) is 13.2 Å². The summed E-state index contributed by atoms with van der Waals surface area (Å²) >= 11 is 9.35. The molecule has 7 heteroatoms. The number of rotatable bonds is 5. The van der Waals surface area contributed by atoms with Gasteiger partial charge in [-0.15, -0.1) is 30.0 Å². The van der Waals surface area contributed by atoms with Crippen molar-refractivity contribution in [3.8, 4) is 0 Å². The van der Waals surface area contributed by atoms with Crippen molar-refractivity contribution in [3.63, 3.8) is 0 Å². The molecule has 0 spiro atoms. The van der Waals surface area contributed by atoms with E-state index in [1.165, 1.54) is 0 Å². The molecule has 0 radical (unpaired) electrons. The van der Waals surface area contributed by atoms with E-state index >= 15 is 0 Å². The molecule has 1 fully saturated rings. The van der Waals surface area contributed by atoms with Gasteiger partial charge in [-0.25, -0.2) is 6.08 Å². The van der Waals surface area contributed by atoms with Gasteiger partial charge in [0.1, 0.15) is 0 Å². The molecule has 0 saturated carbocycles.